The molecule has 3 heterocycles. The number of carbonyl (C=O) groups excluding carboxylic acids is 1. The molecule has 0 saturated carbocycles. The van der Waals surface area contributed by atoms with E-state index in [0.29, 0.717) is 23.6 Å². The molecule has 8 nitrogen and oxygen atoms in total. The van der Waals surface area contributed by atoms with Crippen LogP contribution in [0.15, 0.2) is 35.7 Å². The summed E-state index contributed by atoms with van der Waals surface area (Å²) in [4.78, 5) is 17.1. The van der Waals surface area contributed by atoms with E-state index in [9.17, 15) is 13.2 Å². The maximum atomic E-state index is 12.7. The van der Waals surface area contributed by atoms with Crippen molar-refractivity contribution in [3.8, 4) is 16.3 Å². The summed E-state index contributed by atoms with van der Waals surface area (Å²) in [6.07, 6.45) is 0.491. The number of benzene rings is 1. The van der Waals surface area contributed by atoms with Gasteiger partial charge in [-0.3, -0.25) is 4.79 Å². The molecule has 0 spiro atoms. The first-order valence-corrected chi connectivity index (χ1v) is 11.7. The van der Waals surface area contributed by atoms with Crippen LogP contribution in [0.25, 0.3) is 10.6 Å². The largest absolute Gasteiger partial charge is 0.497 e. The number of anilines is 1. The first-order chi connectivity index (χ1) is 13.8. The van der Waals surface area contributed by atoms with E-state index in [2.05, 4.69) is 15.4 Å². The molecule has 2 aromatic heterocycles. The summed E-state index contributed by atoms with van der Waals surface area (Å²) in [7, 11) is -1.45. The third kappa shape index (κ3) is 4.18. The number of sulfone groups is 1. The van der Waals surface area contributed by atoms with Gasteiger partial charge in [-0.15, -0.1) is 11.3 Å². The van der Waals surface area contributed by atoms with Gasteiger partial charge in [-0.1, -0.05) is 0 Å². The second-order valence-corrected chi connectivity index (χ2v) is 9.98. The van der Waals surface area contributed by atoms with Crippen molar-refractivity contribution >= 4 is 32.9 Å². The molecular formula is C19H20N4O4S2. The van der Waals surface area contributed by atoms with Gasteiger partial charge in [-0.25, -0.2) is 18.1 Å². The average Bonchev–Trinajstić information content (AvgIpc) is 3.40. The Hall–Kier alpha value is -2.72. The first-order valence-electron chi connectivity index (χ1n) is 9.02. The summed E-state index contributed by atoms with van der Waals surface area (Å²) >= 11 is 1.37. The molecule has 3 aromatic rings. The summed E-state index contributed by atoms with van der Waals surface area (Å²) in [6, 6.07) is 8.92. The number of nitrogens with one attached hydrogen (secondary N) is 1. The van der Waals surface area contributed by atoms with Crippen molar-refractivity contribution in [2.75, 3.05) is 23.9 Å². The van der Waals surface area contributed by atoms with Crippen molar-refractivity contribution < 1.29 is 17.9 Å². The van der Waals surface area contributed by atoms with E-state index in [4.69, 9.17) is 4.74 Å². The third-order valence-electron chi connectivity index (χ3n) is 4.73. The topological polar surface area (TPSA) is 103 Å². The summed E-state index contributed by atoms with van der Waals surface area (Å²) in [5.74, 6) is 1.05. The van der Waals surface area contributed by atoms with E-state index in [1.165, 1.54) is 11.3 Å². The van der Waals surface area contributed by atoms with E-state index in [1.54, 1.807) is 30.2 Å². The lowest BCUT2D eigenvalue weighted by molar-refractivity contribution is 0.102. The fourth-order valence-electron chi connectivity index (χ4n) is 3.28. The Kier molecular flexibility index (Phi) is 5.13. The van der Waals surface area contributed by atoms with Crippen LogP contribution in [0.5, 0.6) is 5.75 Å². The highest BCUT2D eigenvalue weighted by Gasteiger charge is 2.31. The molecule has 1 saturated heterocycles. The monoisotopic (exact) mass is 432 g/mol. The number of carbonyl (C=O) groups is 1. The highest BCUT2D eigenvalue weighted by Crippen LogP contribution is 2.28. The number of methoxy groups -OCH3 is 1. The molecule has 1 aliphatic rings. The lowest BCUT2D eigenvalue weighted by Gasteiger charge is -2.13. The molecule has 0 aliphatic carbocycles. The molecule has 1 unspecified atom stereocenters. The summed E-state index contributed by atoms with van der Waals surface area (Å²) in [5.41, 5.74) is 1.90. The Morgan fingerprint density at radius 3 is 2.72 bits per heavy atom. The highest BCUT2D eigenvalue weighted by atomic mass is 32.2. The zero-order chi connectivity index (χ0) is 20.6. The van der Waals surface area contributed by atoms with E-state index in [-0.39, 0.29) is 23.5 Å². The fourth-order valence-corrected chi connectivity index (χ4v) is 5.78. The summed E-state index contributed by atoms with van der Waals surface area (Å²) < 4.78 is 30.4. The maximum absolute atomic E-state index is 12.7. The van der Waals surface area contributed by atoms with Crippen LogP contribution in [0.4, 0.5) is 5.82 Å². The van der Waals surface area contributed by atoms with Crippen molar-refractivity contribution in [2.45, 2.75) is 19.4 Å². The highest BCUT2D eigenvalue weighted by molar-refractivity contribution is 7.91. The number of aryl methyl sites for hydroxylation is 1. The molecule has 29 heavy (non-hydrogen) atoms. The molecule has 4 rings (SSSR count). The van der Waals surface area contributed by atoms with Crippen LogP contribution in [0.3, 0.4) is 0 Å². The molecule has 1 aliphatic heterocycles. The minimum absolute atomic E-state index is 0.0370. The Morgan fingerprint density at radius 2 is 2.07 bits per heavy atom. The Balaban J connectivity index is 1.52. The number of ether oxygens (including phenoxy) is 1. The molecule has 1 N–H and O–H groups in total. The van der Waals surface area contributed by atoms with Crippen LogP contribution in [0.1, 0.15) is 28.6 Å². The number of hydrogen-bond acceptors (Lipinski definition) is 7. The van der Waals surface area contributed by atoms with Crippen LogP contribution >= 0.6 is 11.3 Å². The lowest BCUT2D eigenvalue weighted by atomic mass is 10.2. The smallest absolute Gasteiger partial charge is 0.276 e. The van der Waals surface area contributed by atoms with Gasteiger partial charge in [0.05, 0.1) is 30.4 Å². The minimum Gasteiger partial charge on any atom is -0.497 e. The van der Waals surface area contributed by atoms with Gasteiger partial charge in [-0.05, 0) is 37.6 Å². The number of nitrogens with zero attached hydrogens (tertiary/aromatic N) is 3. The van der Waals surface area contributed by atoms with Crippen molar-refractivity contribution in [1.82, 2.24) is 14.8 Å². The van der Waals surface area contributed by atoms with Crippen molar-refractivity contribution in [1.29, 1.82) is 0 Å². The van der Waals surface area contributed by atoms with Gasteiger partial charge in [0.2, 0.25) is 0 Å². The van der Waals surface area contributed by atoms with Crippen molar-refractivity contribution in [3.05, 3.63) is 47.1 Å². The zero-order valence-corrected chi connectivity index (χ0v) is 17.6. The second-order valence-electron chi connectivity index (χ2n) is 6.89. The molecule has 0 radical (unpaired) electrons. The normalized spacial score (nSPS) is 17.9. The molecule has 152 valence electrons. The van der Waals surface area contributed by atoms with Gasteiger partial charge in [0.25, 0.3) is 5.91 Å². The van der Waals surface area contributed by atoms with Gasteiger partial charge in [0, 0.05) is 17.0 Å². The van der Waals surface area contributed by atoms with Crippen molar-refractivity contribution in [3.63, 3.8) is 0 Å². The molecule has 1 atom stereocenters. The Labute approximate surface area is 172 Å². The zero-order valence-electron chi connectivity index (χ0n) is 16.0. The number of rotatable bonds is 5. The third-order valence-corrected chi connectivity index (χ3v) is 7.37. The number of amides is 1. The maximum Gasteiger partial charge on any atom is 0.276 e. The fraction of sp³-hybridized carbons (Fsp3) is 0.316. The van der Waals surface area contributed by atoms with Crippen LogP contribution in [0.2, 0.25) is 0 Å². The molecule has 0 bridgehead atoms. The van der Waals surface area contributed by atoms with Gasteiger partial charge in [-0.2, -0.15) is 5.10 Å². The van der Waals surface area contributed by atoms with Crippen LogP contribution < -0.4 is 10.1 Å². The molecule has 1 aromatic carbocycles. The average molecular weight is 433 g/mol. The van der Waals surface area contributed by atoms with Crippen molar-refractivity contribution in [2.24, 2.45) is 0 Å². The van der Waals surface area contributed by atoms with Gasteiger partial charge >= 0.3 is 0 Å². The number of aromatic nitrogens is 3. The van der Waals surface area contributed by atoms with E-state index >= 15 is 0 Å². The standard InChI is InChI=1S/C19H20N4O4S2/c1-12-9-17(23(22-12)14-7-8-29(25,26)11-14)21-18(24)16-10-28-19(20-16)13-3-5-15(27-2)6-4-13/h3-6,9-10,14H,7-8,11H2,1-2H3,(H,21,24). The van der Waals surface area contributed by atoms with Crippen LogP contribution in [-0.4, -0.2) is 47.7 Å². The molecule has 1 fully saturated rings. The lowest BCUT2D eigenvalue weighted by Crippen LogP contribution is -2.19. The van der Waals surface area contributed by atoms with Crippen LogP contribution in [-0.2, 0) is 9.84 Å². The van der Waals surface area contributed by atoms with Gasteiger partial charge in [0.1, 0.15) is 22.3 Å². The molecular weight excluding hydrogens is 412 g/mol. The van der Waals surface area contributed by atoms with E-state index in [0.717, 1.165) is 16.3 Å². The first kappa shape index (κ1) is 19.6. The quantitative estimate of drug-likeness (QED) is 0.665. The molecule has 10 heteroatoms. The predicted octanol–water partition coefficient (Wildman–Crippen LogP) is 2.94. The number of thiazole rings is 1. The predicted molar refractivity (Wildman–Crippen MR) is 111 cm³/mol. The second kappa shape index (κ2) is 7.60. The summed E-state index contributed by atoms with van der Waals surface area (Å²) in [5, 5.41) is 9.63. The summed E-state index contributed by atoms with van der Waals surface area (Å²) in [6.45, 7) is 1.81. The number of hydrogen-bond donors (Lipinski definition) is 1. The van der Waals surface area contributed by atoms with E-state index < -0.39 is 9.84 Å². The van der Waals surface area contributed by atoms with Gasteiger partial charge < -0.3 is 10.1 Å². The Morgan fingerprint density at radius 1 is 1.31 bits per heavy atom. The Bertz CT molecular complexity index is 1150. The van der Waals surface area contributed by atoms with Gasteiger partial charge in [0.15, 0.2) is 9.84 Å². The van der Waals surface area contributed by atoms with Crippen LogP contribution in [0, 0.1) is 6.92 Å². The SMILES string of the molecule is COc1ccc(-c2nc(C(=O)Nc3cc(C)nn3C3CCS(=O)(=O)C3)cs2)cc1. The van der Waals surface area contributed by atoms with E-state index in [1.807, 2.05) is 24.3 Å². The minimum atomic E-state index is -3.06. The molecule has 1 amide bonds.